The van der Waals surface area contributed by atoms with Crippen LogP contribution < -0.4 is 0 Å². The van der Waals surface area contributed by atoms with Gasteiger partial charge in [0.15, 0.2) is 0 Å². The van der Waals surface area contributed by atoms with Crippen molar-refractivity contribution in [3.8, 4) is 0 Å². The van der Waals surface area contributed by atoms with Gasteiger partial charge in [0, 0.05) is 32.1 Å². The maximum absolute atomic E-state index is 9.92. The van der Waals surface area contributed by atoms with E-state index >= 15 is 0 Å². The highest BCUT2D eigenvalue weighted by atomic mass is 32.3. The lowest BCUT2D eigenvalue weighted by Crippen LogP contribution is -2.58. The molecule has 162 valence electrons. The number of rotatable bonds is 3. The molecule has 0 amide bonds. The molecule has 0 unspecified atom stereocenters. The molecule has 0 atom stereocenters. The van der Waals surface area contributed by atoms with Gasteiger partial charge in [-0.3, -0.25) is 13.3 Å². The highest BCUT2D eigenvalue weighted by Crippen LogP contribution is 2.57. The molecule has 6 nitrogen and oxygen atoms in total. The average molecular weight is 431 g/mol. The molecule has 1 aliphatic heterocycles. The minimum atomic E-state index is -3.66. The average Bonchev–Trinajstić information content (AvgIpc) is 2.80. The quantitative estimate of drug-likeness (QED) is 0.746. The number of hydrogen-bond donors (Lipinski definition) is 0. The van der Waals surface area contributed by atoms with E-state index in [-0.39, 0.29) is 5.54 Å². The van der Waals surface area contributed by atoms with E-state index in [2.05, 4.69) is 73.7 Å². The minimum Gasteiger partial charge on any atom is -0.304 e. The molecule has 1 fully saturated rings. The molecule has 0 N–H and O–H groups in total. The molecule has 1 heterocycles. The van der Waals surface area contributed by atoms with Crippen LogP contribution in [0.25, 0.3) is 0 Å². The fourth-order valence-corrected chi connectivity index (χ4v) is 5.49. The van der Waals surface area contributed by atoms with Gasteiger partial charge in [0.1, 0.15) is 0 Å². The smallest absolute Gasteiger partial charge is 0.304 e. The number of nitrogens with zero attached hydrogens (tertiary/aromatic N) is 2. The molecule has 2 bridgehead atoms. The summed E-state index contributed by atoms with van der Waals surface area (Å²) < 4.78 is 27.5. The molecular formula is C23H30N2O4S. The lowest BCUT2D eigenvalue weighted by Gasteiger charge is -2.56. The molecule has 0 saturated carbocycles. The molecule has 0 spiro atoms. The van der Waals surface area contributed by atoms with Crippen molar-refractivity contribution in [3.63, 3.8) is 0 Å². The van der Waals surface area contributed by atoms with Crippen LogP contribution in [0.5, 0.6) is 0 Å². The molecule has 0 aromatic heterocycles. The van der Waals surface area contributed by atoms with Gasteiger partial charge in [-0.15, -0.1) is 0 Å². The summed E-state index contributed by atoms with van der Waals surface area (Å²) in [4.78, 5) is 5.24. The normalized spacial score (nSPS) is 25.8. The molecule has 1 saturated heterocycles. The molecule has 0 radical (unpaired) electrons. The zero-order valence-corrected chi connectivity index (χ0v) is 18.7. The van der Waals surface area contributed by atoms with Gasteiger partial charge in [-0.1, -0.05) is 48.5 Å². The first-order chi connectivity index (χ1) is 14.4. The van der Waals surface area contributed by atoms with E-state index in [9.17, 15) is 8.42 Å². The van der Waals surface area contributed by atoms with Crippen LogP contribution in [0.4, 0.5) is 0 Å². The Morgan fingerprint density at radius 3 is 1.83 bits per heavy atom. The first-order valence-electron chi connectivity index (χ1n) is 10.4. The predicted molar refractivity (Wildman–Crippen MR) is 117 cm³/mol. The summed E-state index contributed by atoms with van der Waals surface area (Å²) >= 11 is 0. The molecule has 2 aromatic rings. The Morgan fingerprint density at radius 1 is 0.867 bits per heavy atom. The highest BCUT2D eigenvalue weighted by Gasteiger charge is 2.51. The van der Waals surface area contributed by atoms with Gasteiger partial charge in [0.2, 0.25) is 0 Å². The molecule has 7 heteroatoms. The number of fused-ring (bicyclic) bond motifs is 1. The predicted octanol–water partition coefficient (Wildman–Crippen LogP) is 2.94. The Kier molecular flexibility index (Phi) is 6.01. The van der Waals surface area contributed by atoms with Gasteiger partial charge in [-0.05, 0) is 42.1 Å². The van der Waals surface area contributed by atoms with Crippen LogP contribution in [0.3, 0.4) is 0 Å². The standard InChI is InChI=1S/C21H24N2.C2H6O4S/c1-22-12-14-23(15-13-22)21-11-10-16(17-6-2-4-8-19(17)21)18-7-3-5-9-20(18)21;1-5-7(3,4)6-2/h2-9,16H,10-15H2,1H3;1-2H3. The van der Waals surface area contributed by atoms with Crippen molar-refractivity contribution < 1.29 is 16.8 Å². The van der Waals surface area contributed by atoms with Crippen molar-refractivity contribution >= 4 is 10.4 Å². The van der Waals surface area contributed by atoms with Crippen molar-refractivity contribution in [2.75, 3.05) is 47.4 Å². The first kappa shape index (κ1) is 21.5. The Bertz CT molecular complexity index is 942. The number of benzene rings is 2. The van der Waals surface area contributed by atoms with Gasteiger partial charge >= 0.3 is 10.4 Å². The van der Waals surface area contributed by atoms with Crippen molar-refractivity contribution in [2.24, 2.45) is 0 Å². The van der Waals surface area contributed by atoms with Crippen LogP contribution in [0.15, 0.2) is 48.5 Å². The van der Waals surface area contributed by atoms with E-state index in [1.165, 1.54) is 39.0 Å². The van der Waals surface area contributed by atoms with E-state index in [0.717, 1.165) is 14.2 Å². The van der Waals surface area contributed by atoms with Crippen LogP contribution >= 0.6 is 0 Å². The van der Waals surface area contributed by atoms with Crippen LogP contribution in [0.2, 0.25) is 0 Å². The third kappa shape index (κ3) is 3.59. The van der Waals surface area contributed by atoms with E-state index < -0.39 is 10.4 Å². The van der Waals surface area contributed by atoms with Crippen LogP contribution in [-0.2, 0) is 24.3 Å². The number of hydrogen-bond acceptors (Lipinski definition) is 6. The summed E-state index contributed by atoms with van der Waals surface area (Å²) in [5, 5.41) is 0. The topological polar surface area (TPSA) is 59.1 Å². The summed E-state index contributed by atoms with van der Waals surface area (Å²) in [6.07, 6.45) is 2.57. The van der Waals surface area contributed by atoms with Gasteiger partial charge in [-0.25, -0.2) is 0 Å². The number of piperazine rings is 1. The largest absolute Gasteiger partial charge is 0.399 e. The van der Waals surface area contributed by atoms with Gasteiger partial charge < -0.3 is 4.90 Å². The second-order valence-corrected chi connectivity index (χ2v) is 9.64. The van der Waals surface area contributed by atoms with Crippen molar-refractivity contribution in [1.29, 1.82) is 0 Å². The monoisotopic (exact) mass is 430 g/mol. The van der Waals surface area contributed by atoms with Crippen LogP contribution in [-0.4, -0.2) is 65.7 Å². The fourth-order valence-electron chi connectivity index (χ4n) is 5.36. The van der Waals surface area contributed by atoms with E-state index in [1.807, 2.05) is 0 Å². The molecule has 4 aliphatic rings. The van der Waals surface area contributed by atoms with Gasteiger partial charge in [0.25, 0.3) is 0 Å². The Balaban J connectivity index is 0.000000272. The zero-order chi connectivity index (χ0) is 21.4. The van der Waals surface area contributed by atoms with Crippen molar-refractivity contribution in [1.82, 2.24) is 9.80 Å². The summed E-state index contributed by atoms with van der Waals surface area (Å²) in [6.45, 7) is 4.69. The Labute approximate surface area is 179 Å². The highest BCUT2D eigenvalue weighted by molar-refractivity contribution is 7.81. The maximum atomic E-state index is 9.92. The summed E-state index contributed by atoms with van der Waals surface area (Å²) in [7, 11) is 0.641. The lowest BCUT2D eigenvalue weighted by atomic mass is 9.58. The maximum Gasteiger partial charge on any atom is 0.399 e. The second-order valence-electron chi connectivity index (χ2n) is 8.16. The van der Waals surface area contributed by atoms with Gasteiger partial charge in [0.05, 0.1) is 19.8 Å². The summed E-state index contributed by atoms with van der Waals surface area (Å²) in [6, 6.07) is 18.5. The third-order valence-corrected chi connectivity index (χ3v) is 7.63. The number of likely N-dealkylation sites (N-methyl/N-ethyl adjacent to an activating group) is 1. The molecule has 30 heavy (non-hydrogen) atoms. The van der Waals surface area contributed by atoms with Crippen LogP contribution in [0.1, 0.15) is 41.0 Å². The first-order valence-corrected chi connectivity index (χ1v) is 11.7. The van der Waals surface area contributed by atoms with E-state index in [0.29, 0.717) is 5.92 Å². The Morgan fingerprint density at radius 2 is 1.37 bits per heavy atom. The van der Waals surface area contributed by atoms with Gasteiger partial charge in [-0.2, -0.15) is 8.42 Å². The molecule has 6 rings (SSSR count). The Hall–Kier alpha value is -1.77. The van der Waals surface area contributed by atoms with Crippen molar-refractivity contribution in [2.45, 2.75) is 24.3 Å². The van der Waals surface area contributed by atoms with E-state index in [4.69, 9.17) is 0 Å². The lowest BCUT2D eigenvalue weighted by molar-refractivity contribution is 0.0429. The second kappa shape index (κ2) is 8.40. The summed E-state index contributed by atoms with van der Waals surface area (Å²) in [5.74, 6) is 0.608. The molecular weight excluding hydrogens is 400 g/mol. The fraction of sp³-hybridized carbons (Fsp3) is 0.478. The zero-order valence-electron chi connectivity index (χ0n) is 17.9. The molecule has 2 aromatic carbocycles. The van der Waals surface area contributed by atoms with Crippen LogP contribution in [0, 0.1) is 0 Å². The third-order valence-electron chi connectivity index (χ3n) is 6.81. The minimum absolute atomic E-state index is 0.114. The van der Waals surface area contributed by atoms with E-state index in [1.54, 1.807) is 22.3 Å². The van der Waals surface area contributed by atoms with Crippen molar-refractivity contribution in [3.05, 3.63) is 70.8 Å². The summed E-state index contributed by atoms with van der Waals surface area (Å²) in [5.41, 5.74) is 6.44. The molecule has 3 aliphatic carbocycles. The SMILES string of the molecule is CN1CCN(C23CCC(c4ccccc42)c2ccccc23)CC1.COS(=O)(=O)OC.